The van der Waals surface area contributed by atoms with Crippen LogP contribution in [-0.2, 0) is 5.41 Å². The molecule has 2 aromatic heterocycles. The molecule has 0 fully saturated rings. The average molecular weight is 423 g/mol. The highest BCUT2D eigenvalue weighted by Crippen LogP contribution is 2.31. The summed E-state index contributed by atoms with van der Waals surface area (Å²) >= 11 is 0. The number of nitrogens with one attached hydrogen (secondary N) is 2. The first kappa shape index (κ1) is 20.5. The Morgan fingerprint density at radius 3 is 2.09 bits per heavy atom. The first-order valence-corrected chi connectivity index (χ1v) is 11.4. The molecule has 0 saturated heterocycles. The summed E-state index contributed by atoms with van der Waals surface area (Å²) in [4.78, 5) is 16.7. The summed E-state index contributed by atoms with van der Waals surface area (Å²) in [5.74, 6) is 2.45. The molecule has 0 aliphatic rings. The van der Waals surface area contributed by atoms with Gasteiger partial charge < -0.3 is 9.97 Å². The molecule has 0 unspecified atom stereocenters. The van der Waals surface area contributed by atoms with Gasteiger partial charge in [0.1, 0.15) is 11.6 Å². The van der Waals surface area contributed by atoms with Gasteiger partial charge in [-0.05, 0) is 59.4 Å². The number of nitrogens with zero attached hydrogens (tertiary/aromatic N) is 2. The van der Waals surface area contributed by atoms with E-state index in [9.17, 15) is 0 Å². The van der Waals surface area contributed by atoms with Crippen molar-refractivity contribution < 1.29 is 0 Å². The van der Waals surface area contributed by atoms with E-state index in [2.05, 4.69) is 105 Å². The fourth-order valence-electron chi connectivity index (χ4n) is 4.05. The first-order chi connectivity index (χ1) is 15.3. The Morgan fingerprint density at radius 2 is 1.44 bits per heavy atom. The fraction of sp³-hybridized carbons (Fsp3) is 0.286. The molecule has 4 heteroatoms. The molecule has 0 spiro atoms. The van der Waals surface area contributed by atoms with Crippen LogP contribution in [0.25, 0.3) is 44.6 Å². The highest BCUT2D eigenvalue weighted by atomic mass is 14.9. The van der Waals surface area contributed by atoms with Crippen LogP contribution in [0.5, 0.6) is 0 Å². The van der Waals surface area contributed by atoms with Gasteiger partial charge in [0.05, 0.1) is 22.1 Å². The first-order valence-electron chi connectivity index (χ1n) is 11.4. The standard InChI is InChI=1S/C28H30N4/c1-6-28(4,5)27-31-23-13-11-20(16-25(23)32-27)19-10-12-22-24(15-19)30-26(29-22)21-9-7-8-18(14-21)17(2)3/h7-17H,6H2,1-5H3,(H,29,30)(H,31,32). The molecule has 3 aromatic carbocycles. The van der Waals surface area contributed by atoms with Crippen LogP contribution in [0.3, 0.4) is 0 Å². The number of rotatable bonds is 5. The average Bonchev–Trinajstić information content (AvgIpc) is 3.42. The van der Waals surface area contributed by atoms with E-state index in [1.54, 1.807) is 0 Å². The van der Waals surface area contributed by atoms with Crippen molar-refractivity contribution in [2.75, 3.05) is 0 Å². The normalized spacial score (nSPS) is 12.3. The molecule has 5 aromatic rings. The van der Waals surface area contributed by atoms with Gasteiger partial charge in [-0.3, -0.25) is 0 Å². The highest BCUT2D eigenvalue weighted by Gasteiger charge is 2.22. The number of benzene rings is 3. The van der Waals surface area contributed by atoms with Crippen molar-refractivity contribution >= 4 is 22.1 Å². The van der Waals surface area contributed by atoms with E-state index in [1.165, 1.54) is 11.1 Å². The van der Waals surface area contributed by atoms with Crippen LogP contribution in [-0.4, -0.2) is 19.9 Å². The van der Waals surface area contributed by atoms with Gasteiger partial charge >= 0.3 is 0 Å². The Bertz CT molecular complexity index is 1420. The lowest BCUT2D eigenvalue weighted by Gasteiger charge is -2.18. The zero-order valence-corrected chi connectivity index (χ0v) is 19.5. The molecule has 0 aliphatic carbocycles. The van der Waals surface area contributed by atoms with Crippen LogP contribution in [0.4, 0.5) is 0 Å². The number of H-pyrrole nitrogens is 2. The molecule has 32 heavy (non-hydrogen) atoms. The number of hydrogen-bond donors (Lipinski definition) is 2. The lowest BCUT2D eigenvalue weighted by molar-refractivity contribution is 0.479. The van der Waals surface area contributed by atoms with Crippen molar-refractivity contribution in [1.29, 1.82) is 0 Å². The maximum Gasteiger partial charge on any atom is 0.138 e. The van der Waals surface area contributed by atoms with E-state index < -0.39 is 0 Å². The summed E-state index contributed by atoms with van der Waals surface area (Å²) in [5, 5.41) is 0. The number of imidazole rings is 2. The zero-order chi connectivity index (χ0) is 22.5. The van der Waals surface area contributed by atoms with Crippen molar-refractivity contribution in [2.45, 2.75) is 52.4 Å². The van der Waals surface area contributed by atoms with Crippen LogP contribution in [0.2, 0.25) is 0 Å². The van der Waals surface area contributed by atoms with E-state index in [1.807, 2.05) is 0 Å². The van der Waals surface area contributed by atoms with Gasteiger partial charge in [0.25, 0.3) is 0 Å². The van der Waals surface area contributed by atoms with Gasteiger partial charge in [0, 0.05) is 11.0 Å². The van der Waals surface area contributed by atoms with Crippen molar-refractivity contribution in [3.8, 4) is 22.5 Å². The number of aromatic amines is 2. The van der Waals surface area contributed by atoms with E-state index in [-0.39, 0.29) is 5.41 Å². The summed E-state index contributed by atoms with van der Waals surface area (Å²) < 4.78 is 0. The number of fused-ring (bicyclic) bond motifs is 2. The Hall–Kier alpha value is -3.40. The van der Waals surface area contributed by atoms with E-state index in [0.717, 1.165) is 51.3 Å². The minimum atomic E-state index is 0.0390. The maximum absolute atomic E-state index is 4.84. The van der Waals surface area contributed by atoms with Gasteiger partial charge in [0.2, 0.25) is 0 Å². The molecule has 0 radical (unpaired) electrons. The summed E-state index contributed by atoms with van der Waals surface area (Å²) in [5.41, 5.74) is 8.94. The van der Waals surface area contributed by atoms with Crippen LogP contribution in [0.1, 0.15) is 58.3 Å². The molecule has 2 N–H and O–H groups in total. The van der Waals surface area contributed by atoms with Crippen LogP contribution >= 0.6 is 0 Å². The van der Waals surface area contributed by atoms with Gasteiger partial charge in [-0.2, -0.15) is 0 Å². The monoisotopic (exact) mass is 422 g/mol. The van der Waals surface area contributed by atoms with Gasteiger partial charge in [-0.15, -0.1) is 0 Å². The minimum absolute atomic E-state index is 0.0390. The Balaban J connectivity index is 1.52. The smallest absolute Gasteiger partial charge is 0.138 e. The van der Waals surface area contributed by atoms with Crippen LogP contribution in [0, 0.1) is 0 Å². The third-order valence-electron chi connectivity index (χ3n) is 6.65. The van der Waals surface area contributed by atoms with E-state index >= 15 is 0 Å². The molecular formula is C28H30N4. The van der Waals surface area contributed by atoms with Gasteiger partial charge in [-0.1, -0.05) is 65.0 Å². The molecule has 0 atom stereocenters. The summed E-state index contributed by atoms with van der Waals surface area (Å²) in [6, 6.07) is 21.5. The quantitative estimate of drug-likeness (QED) is 0.307. The second-order valence-electron chi connectivity index (χ2n) is 9.65. The molecular weight excluding hydrogens is 392 g/mol. The molecule has 0 saturated carbocycles. The summed E-state index contributed by atoms with van der Waals surface area (Å²) in [6.07, 6.45) is 1.04. The summed E-state index contributed by atoms with van der Waals surface area (Å²) in [7, 11) is 0. The predicted molar refractivity (Wildman–Crippen MR) is 134 cm³/mol. The van der Waals surface area contributed by atoms with Crippen LogP contribution in [0.15, 0.2) is 60.7 Å². The van der Waals surface area contributed by atoms with Crippen molar-refractivity contribution in [1.82, 2.24) is 19.9 Å². The Labute approximate surface area is 189 Å². The van der Waals surface area contributed by atoms with E-state index in [4.69, 9.17) is 9.97 Å². The number of hydrogen-bond acceptors (Lipinski definition) is 2. The third-order valence-corrected chi connectivity index (χ3v) is 6.65. The third kappa shape index (κ3) is 3.60. The zero-order valence-electron chi connectivity index (χ0n) is 19.5. The second kappa shape index (κ2) is 7.63. The number of aromatic nitrogens is 4. The Kier molecular flexibility index (Phi) is 4.89. The van der Waals surface area contributed by atoms with Gasteiger partial charge in [-0.25, -0.2) is 9.97 Å². The molecule has 2 heterocycles. The fourth-order valence-corrected chi connectivity index (χ4v) is 4.05. The topological polar surface area (TPSA) is 57.4 Å². The minimum Gasteiger partial charge on any atom is -0.342 e. The van der Waals surface area contributed by atoms with Gasteiger partial charge in [0.15, 0.2) is 0 Å². The molecule has 162 valence electrons. The maximum atomic E-state index is 4.84. The van der Waals surface area contributed by atoms with Crippen molar-refractivity contribution in [2.24, 2.45) is 0 Å². The lowest BCUT2D eigenvalue weighted by Crippen LogP contribution is -2.17. The largest absolute Gasteiger partial charge is 0.342 e. The molecule has 0 amide bonds. The molecule has 4 nitrogen and oxygen atoms in total. The SMILES string of the molecule is CCC(C)(C)c1nc2ccc(-c3ccc4nc(-c5cccc(C(C)C)c5)[nH]c4c3)cc2[nH]1. The van der Waals surface area contributed by atoms with Crippen molar-refractivity contribution in [3.63, 3.8) is 0 Å². The summed E-state index contributed by atoms with van der Waals surface area (Å²) in [6.45, 7) is 11.1. The van der Waals surface area contributed by atoms with Crippen molar-refractivity contribution in [3.05, 3.63) is 72.1 Å². The lowest BCUT2D eigenvalue weighted by atomic mass is 9.90. The van der Waals surface area contributed by atoms with E-state index in [0.29, 0.717) is 5.92 Å². The predicted octanol–water partition coefficient (Wildman–Crippen LogP) is 7.58. The molecule has 0 bridgehead atoms. The molecule has 0 aliphatic heterocycles. The molecule has 5 rings (SSSR count). The Morgan fingerprint density at radius 1 is 0.781 bits per heavy atom. The highest BCUT2D eigenvalue weighted by molar-refractivity contribution is 5.87. The second-order valence-corrected chi connectivity index (χ2v) is 9.65. The van der Waals surface area contributed by atoms with Crippen LogP contribution < -0.4 is 0 Å².